The molecule has 0 atom stereocenters. The molecule has 1 rings (SSSR count). The molecule has 0 unspecified atom stereocenters. The third kappa shape index (κ3) is 3.24. The maximum absolute atomic E-state index is 11.2. The van der Waals surface area contributed by atoms with Crippen molar-refractivity contribution in [1.29, 1.82) is 5.26 Å². The molecule has 0 spiro atoms. The summed E-state index contributed by atoms with van der Waals surface area (Å²) in [5.74, 6) is -0.158. The summed E-state index contributed by atoms with van der Waals surface area (Å²) in [6.07, 6.45) is 0. The van der Waals surface area contributed by atoms with E-state index >= 15 is 0 Å². The first-order valence-electron chi connectivity index (χ1n) is 4.16. The van der Waals surface area contributed by atoms with Crippen LogP contribution in [0.1, 0.15) is 5.56 Å². The Bertz CT molecular complexity index is 369. The van der Waals surface area contributed by atoms with Gasteiger partial charge in [-0.05, 0) is 24.3 Å². The zero-order valence-electron chi connectivity index (χ0n) is 8.30. The summed E-state index contributed by atoms with van der Waals surface area (Å²) in [4.78, 5) is 12.7. The topological polar surface area (TPSA) is 70.1 Å². The van der Waals surface area contributed by atoms with E-state index in [4.69, 9.17) is 11.0 Å². The van der Waals surface area contributed by atoms with Gasteiger partial charge in [0.05, 0.1) is 18.2 Å². The van der Waals surface area contributed by atoms with Crippen LogP contribution in [-0.2, 0) is 4.79 Å². The molecule has 0 saturated heterocycles. The van der Waals surface area contributed by atoms with E-state index in [1.807, 2.05) is 6.07 Å². The molecule has 0 aliphatic carbocycles. The van der Waals surface area contributed by atoms with E-state index in [-0.39, 0.29) is 24.9 Å². The molecule has 0 aromatic heterocycles. The van der Waals surface area contributed by atoms with Crippen LogP contribution in [0.5, 0.6) is 0 Å². The number of benzene rings is 1. The lowest BCUT2D eigenvalue weighted by Gasteiger charge is -2.15. The third-order valence-electron chi connectivity index (χ3n) is 1.93. The molecule has 1 amide bonds. The van der Waals surface area contributed by atoms with Gasteiger partial charge in [-0.2, -0.15) is 5.26 Å². The van der Waals surface area contributed by atoms with E-state index in [2.05, 4.69) is 0 Å². The standard InChI is InChI=1S/C10H11N3O.ClH/c1-13(10(14)7-12)9-4-2-8(6-11)3-5-9;/h2-5H,7,12H2,1H3;1H. The van der Waals surface area contributed by atoms with E-state index in [0.717, 1.165) is 5.69 Å². The molecule has 1 aromatic carbocycles. The number of amides is 1. The Labute approximate surface area is 94.7 Å². The fourth-order valence-electron chi connectivity index (χ4n) is 1.04. The first kappa shape index (κ1) is 13.4. The van der Waals surface area contributed by atoms with Gasteiger partial charge in [-0.3, -0.25) is 4.79 Å². The zero-order valence-corrected chi connectivity index (χ0v) is 9.12. The quantitative estimate of drug-likeness (QED) is 0.813. The second-order valence-corrected chi connectivity index (χ2v) is 2.82. The Balaban J connectivity index is 0.00000196. The summed E-state index contributed by atoms with van der Waals surface area (Å²) in [5.41, 5.74) is 6.53. The average Bonchev–Trinajstić information content (AvgIpc) is 2.27. The van der Waals surface area contributed by atoms with Crippen LogP contribution in [0.2, 0.25) is 0 Å². The Kier molecular flexibility index (Phi) is 5.39. The maximum Gasteiger partial charge on any atom is 0.240 e. The number of hydrogen-bond acceptors (Lipinski definition) is 3. The zero-order chi connectivity index (χ0) is 10.6. The molecule has 0 saturated carbocycles. The van der Waals surface area contributed by atoms with Crippen LogP contribution in [-0.4, -0.2) is 19.5 Å². The Morgan fingerprint density at radius 1 is 1.47 bits per heavy atom. The van der Waals surface area contributed by atoms with E-state index in [1.54, 1.807) is 31.3 Å². The van der Waals surface area contributed by atoms with Gasteiger partial charge in [0.15, 0.2) is 0 Å². The van der Waals surface area contributed by atoms with Crippen molar-refractivity contribution in [3.63, 3.8) is 0 Å². The lowest BCUT2D eigenvalue weighted by molar-refractivity contribution is -0.117. The molecule has 0 bridgehead atoms. The lowest BCUT2D eigenvalue weighted by Crippen LogP contribution is -2.32. The highest BCUT2D eigenvalue weighted by atomic mass is 35.5. The van der Waals surface area contributed by atoms with Gasteiger partial charge in [0.2, 0.25) is 5.91 Å². The molecule has 80 valence electrons. The number of likely N-dealkylation sites (N-methyl/N-ethyl adjacent to an activating group) is 1. The van der Waals surface area contributed by atoms with Crippen molar-refractivity contribution in [2.75, 3.05) is 18.5 Å². The number of carbonyl (C=O) groups is 1. The third-order valence-corrected chi connectivity index (χ3v) is 1.93. The Hall–Kier alpha value is -1.57. The van der Waals surface area contributed by atoms with Crippen LogP contribution in [0.15, 0.2) is 24.3 Å². The predicted octanol–water partition coefficient (Wildman–Crippen LogP) is 0.902. The van der Waals surface area contributed by atoms with E-state index < -0.39 is 0 Å². The van der Waals surface area contributed by atoms with Gasteiger partial charge in [-0.25, -0.2) is 0 Å². The summed E-state index contributed by atoms with van der Waals surface area (Å²) in [5, 5.41) is 8.57. The molecule has 0 aliphatic rings. The highest BCUT2D eigenvalue weighted by Crippen LogP contribution is 2.12. The van der Waals surface area contributed by atoms with Crippen LogP contribution >= 0.6 is 12.4 Å². The number of halogens is 1. The smallest absolute Gasteiger partial charge is 0.240 e. The number of nitrogens with two attached hydrogens (primary N) is 1. The van der Waals surface area contributed by atoms with Crippen molar-refractivity contribution in [3.05, 3.63) is 29.8 Å². The first-order chi connectivity index (χ1) is 6.69. The molecule has 0 fully saturated rings. The van der Waals surface area contributed by atoms with Gasteiger partial charge in [0, 0.05) is 12.7 Å². The highest BCUT2D eigenvalue weighted by Gasteiger charge is 2.07. The largest absolute Gasteiger partial charge is 0.322 e. The number of anilines is 1. The minimum Gasteiger partial charge on any atom is -0.322 e. The summed E-state index contributed by atoms with van der Waals surface area (Å²) in [6, 6.07) is 8.76. The second kappa shape index (κ2) is 6.02. The summed E-state index contributed by atoms with van der Waals surface area (Å²) >= 11 is 0. The fraction of sp³-hybridized carbons (Fsp3) is 0.200. The van der Waals surface area contributed by atoms with E-state index in [0.29, 0.717) is 5.56 Å². The van der Waals surface area contributed by atoms with Crippen molar-refractivity contribution in [3.8, 4) is 6.07 Å². The lowest BCUT2D eigenvalue weighted by atomic mass is 10.2. The van der Waals surface area contributed by atoms with Crippen LogP contribution < -0.4 is 10.6 Å². The van der Waals surface area contributed by atoms with Crippen molar-refractivity contribution >= 4 is 24.0 Å². The molecule has 4 nitrogen and oxygen atoms in total. The average molecular weight is 226 g/mol. The molecular weight excluding hydrogens is 214 g/mol. The number of nitriles is 1. The number of nitrogens with zero attached hydrogens (tertiary/aromatic N) is 2. The van der Waals surface area contributed by atoms with Crippen LogP contribution in [0, 0.1) is 11.3 Å². The molecular formula is C10H12ClN3O. The maximum atomic E-state index is 11.2. The minimum atomic E-state index is -0.158. The van der Waals surface area contributed by atoms with Crippen LogP contribution in [0.25, 0.3) is 0 Å². The van der Waals surface area contributed by atoms with Crippen molar-refractivity contribution < 1.29 is 4.79 Å². The van der Waals surface area contributed by atoms with Crippen LogP contribution in [0.4, 0.5) is 5.69 Å². The monoisotopic (exact) mass is 225 g/mol. The molecule has 1 aromatic rings. The van der Waals surface area contributed by atoms with Gasteiger partial charge in [-0.15, -0.1) is 12.4 Å². The molecule has 0 heterocycles. The number of rotatable bonds is 2. The molecule has 0 radical (unpaired) electrons. The summed E-state index contributed by atoms with van der Waals surface area (Å²) in [7, 11) is 1.65. The van der Waals surface area contributed by atoms with Crippen LogP contribution in [0.3, 0.4) is 0 Å². The van der Waals surface area contributed by atoms with Crippen molar-refractivity contribution in [2.24, 2.45) is 5.73 Å². The van der Waals surface area contributed by atoms with E-state index in [9.17, 15) is 4.79 Å². The van der Waals surface area contributed by atoms with Gasteiger partial charge >= 0.3 is 0 Å². The summed E-state index contributed by atoms with van der Waals surface area (Å²) in [6.45, 7) is -0.0174. The summed E-state index contributed by atoms with van der Waals surface area (Å²) < 4.78 is 0. The number of carbonyl (C=O) groups excluding carboxylic acids is 1. The fourth-order valence-corrected chi connectivity index (χ4v) is 1.04. The minimum absolute atomic E-state index is 0. The normalized spacial score (nSPS) is 8.60. The van der Waals surface area contributed by atoms with Crippen molar-refractivity contribution in [2.45, 2.75) is 0 Å². The van der Waals surface area contributed by atoms with Gasteiger partial charge in [0.25, 0.3) is 0 Å². The molecule has 0 aliphatic heterocycles. The van der Waals surface area contributed by atoms with Gasteiger partial charge in [-0.1, -0.05) is 0 Å². The molecule has 2 N–H and O–H groups in total. The van der Waals surface area contributed by atoms with Gasteiger partial charge in [0.1, 0.15) is 0 Å². The SMILES string of the molecule is CN(C(=O)CN)c1ccc(C#N)cc1.Cl. The molecule has 15 heavy (non-hydrogen) atoms. The first-order valence-corrected chi connectivity index (χ1v) is 4.16. The van der Waals surface area contributed by atoms with Crippen molar-refractivity contribution in [1.82, 2.24) is 0 Å². The Morgan fingerprint density at radius 3 is 2.40 bits per heavy atom. The van der Waals surface area contributed by atoms with E-state index in [1.165, 1.54) is 4.90 Å². The molecule has 5 heteroatoms. The van der Waals surface area contributed by atoms with Gasteiger partial charge < -0.3 is 10.6 Å². The second-order valence-electron chi connectivity index (χ2n) is 2.82. The predicted molar refractivity (Wildman–Crippen MR) is 60.9 cm³/mol. The Morgan fingerprint density at radius 2 is 2.00 bits per heavy atom. The highest BCUT2D eigenvalue weighted by molar-refractivity contribution is 5.94. The number of hydrogen-bond donors (Lipinski definition) is 1.